The smallest absolute Gasteiger partial charge is 0.235 e. The van der Waals surface area contributed by atoms with Gasteiger partial charge in [0.25, 0.3) is 0 Å². The summed E-state index contributed by atoms with van der Waals surface area (Å²) < 4.78 is 11.0. The molecule has 3 aromatic rings. The van der Waals surface area contributed by atoms with Crippen molar-refractivity contribution in [1.29, 1.82) is 0 Å². The van der Waals surface area contributed by atoms with E-state index in [1.807, 2.05) is 24.3 Å². The van der Waals surface area contributed by atoms with E-state index in [1.54, 1.807) is 0 Å². The van der Waals surface area contributed by atoms with E-state index in [1.165, 1.54) is 30.0 Å². The van der Waals surface area contributed by atoms with Crippen LogP contribution in [0.4, 0.5) is 0 Å². The van der Waals surface area contributed by atoms with Crippen LogP contribution in [0.2, 0.25) is 0 Å². The summed E-state index contributed by atoms with van der Waals surface area (Å²) in [5.41, 5.74) is 1.26. The Labute approximate surface area is 127 Å². The molecule has 2 aromatic carbocycles. The maximum absolute atomic E-state index is 12.4. The van der Waals surface area contributed by atoms with Crippen LogP contribution in [-0.4, -0.2) is 5.11 Å². The van der Waals surface area contributed by atoms with Gasteiger partial charge in [-0.05, 0) is 35.7 Å². The number of fused-ring (bicyclic) bond motifs is 1. The Morgan fingerprint density at radius 2 is 1.82 bits per heavy atom. The van der Waals surface area contributed by atoms with Crippen molar-refractivity contribution in [1.82, 2.24) is 0 Å². The van der Waals surface area contributed by atoms with Gasteiger partial charge >= 0.3 is 0 Å². The van der Waals surface area contributed by atoms with Crippen LogP contribution in [0.1, 0.15) is 25.3 Å². The SMILES string of the molecule is CC(C)c1ccc(Oc2coc3cc(O)ccc3c2=O)cc1. The van der Waals surface area contributed by atoms with Gasteiger partial charge in [-0.15, -0.1) is 0 Å². The van der Waals surface area contributed by atoms with Crippen molar-refractivity contribution in [3.8, 4) is 17.2 Å². The molecule has 112 valence electrons. The summed E-state index contributed by atoms with van der Waals surface area (Å²) in [6.45, 7) is 4.23. The van der Waals surface area contributed by atoms with Crippen LogP contribution in [0.3, 0.4) is 0 Å². The molecule has 3 rings (SSSR count). The molecule has 4 heteroatoms. The Balaban J connectivity index is 1.95. The van der Waals surface area contributed by atoms with Gasteiger partial charge in [0, 0.05) is 6.07 Å². The highest BCUT2D eigenvalue weighted by Gasteiger charge is 2.10. The lowest BCUT2D eigenvalue weighted by Gasteiger charge is -2.08. The zero-order valence-electron chi connectivity index (χ0n) is 12.4. The van der Waals surface area contributed by atoms with Gasteiger partial charge in [-0.3, -0.25) is 4.79 Å². The Kier molecular flexibility index (Phi) is 3.59. The fourth-order valence-corrected chi connectivity index (χ4v) is 2.22. The van der Waals surface area contributed by atoms with Gasteiger partial charge in [-0.25, -0.2) is 0 Å². The summed E-state index contributed by atoms with van der Waals surface area (Å²) in [7, 11) is 0. The second-order valence-electron chi connectivity index (χ2n) is 5.44. The molecule has 1 aromatic heterocycles. The number of phenols is 1. The van der Waals surface area contributed by atoms with Crippen LogP contribution in [0.15, 0.2) is 57.9 Å². The van der Waals surface area contributed by atoms with Gasteiger partial charge in [0.15, 0.2) is 0 Å². The normalized spacial score (nSPS) is 11.0. The van der Waals surface area contributed by atoms with Gasteiger partial charge in [0.1, 0.15) is 23.3 Å². The molecule has 0 spiro atoms. The first-order valence-corrected chi connectivity index (χ1v) is 7.07. The van der Waals surface area contributed by atoms with Gasteiger partial charge in [-0.1, -0.05) is 26.0 Å². The molecule has 0 saturated heterocycles. The molecule has 0 aliphatic carbocycles. The summed E-state index contributed by atoms with van der Waals surface area (Å²) in [5.74, 6) is 1.19. The van der Waals surface area contributed by atoms with Gasteiger partial charge in [0.05, 0.1) is 5.39 Å². The zero-order chi connectivity index (χ0) is 15.7. The standard InChI is InChI=1S/C18H16O4/c1-11(2)12-3-6-14(7-4-12)22-17-10-21-16-9-13(19)5-8-15(16)18(17)20/h3-11,19H,1-2H3. The summed E-state index contributed by atoms with van der Waals surface area (Å²) in [6, 6.07) is 12.0. The molecule has 1 N–H and O–H groups in total. The molecule has 0 amide bonds. The third-order valence-electron chi connectivity index (χ3n) is 3.50. The molecule has 0 fully saturated rings. The van der Waals surface area contributed by atoms with E-state index in [0.29, 0.717) is 22.6 Å². The highest BCUT2D eigenvalue weighted by Crippen LogP contribution is 2.25. The van der Waals surface area contributed by atoms with Crippen LogP contribution < -0.4 is 10.2 Å². The first-order chi connectivity index (χ1) is 10.5. The maximum atomic E-state index is 12.4. The minimum atomic E-state index is -0.269. The molecule has 0 unspecified atom stereocenters. The van der Waals surface area contributed by atoms with E-state index < -0.39 is 0 Å². The summed E-state index contributed by atoms with van der Waals surface area (Å²) >= 11 is 0. The molecule has 0 saturated carbocycles. The van der Waals surface area contributed by atoms with Crippen LogP contribution in [0.25, 0.3) is 11.0 Å². The Morgan fingerprint density at radius 3 is 2.50 bits per heavy atom. The van der Waals surface area contributed by atoms with E-state index in [9.17, 15) is 9.90 Å². The maximum Gasteiger partial charge on any atom is 0.235 e. The molecule has 22 heavy (non-hydrogen) atoms. The van der Waals surface area contributed by atoms with Crippen molar-refractivity contribution in [3.05, 3.63) is 64.5 Å². The predicted octanol–water partition coefficient (Wildman–Crippen LogP) is 4.41. The second-order valence-corrected chi connectivity index (χ2v) is 5.44. The fourth-order valence-electron chi connectivity index (χ4n) is 2.22. The molecular formula is C18H16O4. The van der Waals surface area contributed by atoms with E-state index in [0.717, 1.165) is 0 Å². The molecule has 0 radical (unpaired) electrons. The highest BCUT2D eigenvalue weighted by atomic mass is 16.5. The lowest BCUT2D eigenvalue weighted by atomic mass is 10.0. The zero-order valence-corrected chi connectivity index (χ0v) is 12.4. The molecule has 1 heterocycles. The Hall–Kier alpha value is -2.75. The molecule has 4 nitrogen and oxygen atoms in total. The van der Waals surface area contributed by atoms with E-state index >= 15 is 0 Å². The van der Waals surface area contributed by atoms with E-state index in [4.69, 9.17) is 9.15 Å². The monoisotopic (exact) mass is 296 g/mol. The number of ether oxygens (including phenoxy) is 1. The lowest BCUT2D eigenvalue weighted by molar-refractivity contribution is 0.448. The van der Waals surface area contributed by atoms with Crippen molar-refractivity contribution in [2.75, 3.05) is 0 Å². The third-order valence-corrected chi connectivity index (χ3v) is 3.50. The number of phenolic OH excluding ortho intramolecular Hbond substituents is 1. The average molecular weight is 296 g/mol. The van der Waals surface area contributed by atoms with Gasteiger partial charge in [0.2, 0.25) is 11.2 Å². The van der Waals surface area contributed by atoms with Crippen molar-refractivity contribution >= 4 is 11.0 Å². The van der Waals surface area contributed by atoms with Crippen LogP contribution >= 0.6 is 0 Å². The molecule has 0 aliphatic rings. The molecule has 0 atom stereocenters. The quantitative estimate of drug-likeness (QED) is 0.777. The van der Waals surface area contributed by atoms with Crippen molar-refractivity contribution in [2.45, 2.75) is 19.8 Å². The second kappa shape index (κ2) is 5.56. The number of aromatic hydroxyl groups is 1. The third kappa shape index (κ3) is 2.68. The predicted molar refractivity (Wildman–Crippen MR) is 84.8 cm³/mol. The average Bonchev–Trinajstić information content (AvgIpc) is 2.50. The first kappa shape index (κ1) is 14.2. The van der Waals surface area contributed by atoms with Crippen LogP contribution in [0.5, 0.6) is 17.2 Å². The molecule has 0 aliphatic heterocycles. The van der Waals surface area contributed by atoms with Crippen LogP contribution in [-0.2, 0) is 0 Å². The number of rotatable bonds is 3. The Morgan fingerprint density at radius 1 is 1.09 bits per heavy atom. The largest absolute Gasteiger partial charge is 0.508 e. The Bertz CT molecular complexity index is 860. The number of hydrogen-bond acceptors (Lipinski definition) is 4. The minimum absolute atomic E-state index is 0.0496. The van der Waals surface area contributed by atoms with Crippen LogP contribution in [0, 0.1) is 0 Å². The minimum Gasteiger partial charge on any atom is -0.508 e. The van der Waals surface area contributed by atoms with E-state index in [-0.39, 0.29) is 16.9 Å². The number of benzene rings is 2. The topological polar surface area (TPSA) is 59.7 Å². The molecule has 0 bridgehead atoms. The fraction of sp³-hybridized carbons (Fsp3) is 0.167. The summed E-state index contributed by atoms with van der Waals surface area (Å²) in [5, 5.41) is 9.77. The summed E-state index contributed by atoms with van der Waals surface area (Å²) in [6.07, 6.45) is 1.26. The van der Waals surface area contributed by atoms with E-state index in [2.05, 4.69) is 13.8 Å². The van der Waals surface area contributed by atoms with Crippen molar-refractivity contribution in [3.63, 3.8) is 0 Å². The van der Waals surface area contributed by atoms with Crippen molar-refractivity contribution < 1.29 is 14.3 Å². The van der Waals surface area contributed by atoms with Crippen molar-refractivity contribution in [2.24, 2.45) is 0 Å². The molecular weight excluding hydrogens is 280 g/mol. The first-order valence-electron chi connectivity index (χ1n) is 7.07. The highest BCUT2D eigenvalue weighted by molar-refractivity contribution is 5.78. The summed E-state index contributed by atoms with van der Waals surface area (Å²) in [4.78, 5) is 12.4. The van der Waals surface area contributed by atoms with Gasteiger partial charge in [-0.2, -0.15) is 0 Å². The number of hydrogen-bond donors (Lipinski definition) is 1. The lowest BCUT2D eigenvalue weighted by Crippen LogP contribution is -2.04. The van der Waals surface area contributed by atoms with Gasteiger partial charge < -0.3 is 14.3 Å².